The molecule has 15 heavy (non-hydrogen) atoms. The lowest BCUT2D eigenvalue weighted by Gasteiger charge is -2.07. The highest BCUT2D eigenvalue weighted by Gasteiger charge is 2.12. The third-order valence-electron chi connectivity index (χ3n) is 1.67. The van der Waals surface area contributed by atoms with Crippen LogP contribution in [0.3, 0.4) is 0 Å². The zero-order valence-corrected chi connectivity index (χ0v) is 8.99. The van der Waals surface area contributed by atoms with Crippen molar-refractivity contribution in [1.29, 1.82) is 5.26 Å². The Morgan fingerprint density at radius 1 is 1.80 bits per heavy atom. The van der Waals surface area contributed by atoms with Crippen LogP contribution in [0.25, 0.3) is 0 Å². The zero-order valence-electron chi connectivity index (χ0n) is 8.17. The molecule has 1 unspecified atom stereocenters. The smallest absolute Gasteiger partial charge is 0.304 e. The van der Waals surface area contributed by atoms with E-state index < -0.39 is 5.97 Å². The van der Waals surface area contributed by atoms with E-state index in [9.17, 15) is 4.79 Å². The fourth-order valence-corrected chi connectivity index (χ4v) is 2.02. The van der Waals surface area contributed by atoms with Crippen LogP contribution in [0.15, 0.2) is 23.4 Å². The second kappa shape index (κ2) is 5.37. The van der Waals surface area contributed by atoms with Gasteiger partial charge in [0.15, 0.2) is 0 Å². The SMILES string of the molecule is CC(CC(=O)O)Sc1ncccc1C#N. The van der Waals surface area contributed by atoms with Crippen LogP contribution in [0.1, 0.15) is 18.9 Å². The Kier molecular flexibility index (Phi) is 4.13. The predicted molar refractivity (Wildman–Crippen MR) is 56.5 cm³/mol. The molecule has 0 saturated carbocycles. The lowest BCUT2D eigenvalue weighted by molar-refractivity contribution is -0.136. The molecular formula is C10H10N2O2S. The molecule has 1 atom stereocenters. The van der Waals surface area contributed by atoms with Crippen LogP contribution in [-0.4, -0.2) is 21.3 Å². The Morgan fingerprint density at radius 2 is 2.53 bits per heavy atom. The number of carbonyl (C=O) groups is 1. The first-order valence-electron chi connectivity index (χ1n) is 4.37. The van der Waals surface area contributed by atoms with E-state index in [4.69, 9.17) is 10.4 Å². The maximum atomic E-state index is 10.5. The van der Waals surface area contributed by atoms with Gasteiger partial charge in [-0.2, -0.15) is 5.26 Å². The highest BCUT2D eigenvalue weighted by atomic mass is 32.2. The van der Waals surface area contributed by atoms with Crippen LogP contribution in [0.4, 0.5) is 0 Å². The summed E-state index contributed by atoms with van der Waals surface area (Å²) in [6.45, 7) is 1.80. The number of nitriles is 1. The second-order valence-electron chi connectivity index (χ2n) is 2.99. The number of nitrogens with zero attached hydrogens (tertiary/aromatic N) is 2. The van der Waals surface area contributed by atoms with Gasteiger partial charge in [-0.25, -0.2) is 4.98 Å². The standard InChI is InChI=1S/C10H10N2O2S/c1-7(5-9(13)14)15-10-8(6-11)3-2-4-12-10/h2-4,7H,5H2,1H3,(H,13,14). The summed E-state index contributed by atoms with van der Waals surface area (Å²) in [7, 11) is 0. The van der Waals surface area contributed by atoms with E-state index in [0.717, 1.165) is 0 Å². The van der Waals surface area contributed by atoms with E-state index in [1.54, 1.807) is 25.3 Å². The van der Waals surface area contributed by atoms with Gasteiger partial charge in [-0.05, 0) is 12.1 Å². The van der Waals surface area contributed by atoms with Crippen molar-refractivity contribution in [1.82, 2.24) is 4.98 Å². The van der Waals surface area contributed by atoms with Crippen molar-refractivity contribution in [3.05, 3.63) is 23.9 Å². The minimum Gasteiger partial charge on any atom is -0.481 e. The Hall–Kier alpha value is -1.54. The molecule has 0 bridgehead atoms. The summed E-state index contributed by atoms with van der Waals surface area (Å²) in [6, 6.07) is 5.38. The summed E-state index contributed by atoms with van der Waals surface area (Å²) < 4.78 is 0. The van der Waals surface area contributed by atoms with E-state index in [2.05, 4.69) is 4.98 Å². The molecular weight excluding hydrogens is 212 g/mol. The summed E-state index contributed by atoms with van der Waals surface area (Å²) in [5.41, 5.74) is 0.486. The number of pyridine rings is 1. The topological polar surface area (TPSA) is 74.0 Å². The monoisotopic (exact) mass is 222 g/mol. The number of aliphatic carboxylic acids is 1. The van der Waals surface area contributed by atoms with Gasteiger partial charge in [-0.3, -0.25) is 4.79 Å². The molecule has 0 fully saturated rings. The molecule has 1 aromatic rings. The molecule has 0 radical (unpaired) electrons. The van der Waals surface area contributed by atoms with Crippen molar-refractivity contribution >= 4 is 17.7 Å². The fourth-order valence-electron chi connectivity index (χ4n) is 1.05. The lowest BCUT2D eigenvalue weighted by Crippen LogP contribution is -2.06. The van der Waals surface area contributed by atoms with Gasteiger partial charge in [0.25, 0.3) is 0 Å². The number of hydrogen-bond donors (Lipinski definition) is 1. The molecule has 4 nitrogen and oxygen atoms in total. The summed E-state index contributed by atoms with van der Waals surface area (Å²) in [5, 5.41) is 17.9. The number of carboxylic acids is 1. The molecule has 1 heterocycles. The Morgan fingerprint density at radius 3 is 3.13 bits per heavy atom. The van der Waals surface area contributed by atoms with Crippen LogP contribution < -0.4 is 0 Å². The summed E-state index contributed by atoms with van der Waals surface area (Å²) >= 11 is 1.31. The number of carboxylic acid groups (broad SMARTS) is 1. The van der Waals surface area contributed by atoms with E-state index in [1.165, 1.54) is 11.8 Å². The quantitative estimate of drug-likeness (QED) is 0.787. The molecule has 1 rings (SSSR count). The van der Waals surface area contributed by atoms with Gasteiger partial charge >= 0.3 is 5.97 Å². The molecule has 0 aromatic carbocycles. The maximum absolute atomic E-state index is 10.5. The van der Waals surface area contributed by atoms with Crippen molar-refractivity contribution in [2.45, 2.75) is 23.6 Å². The first-order valence-corrected chi connectivity index (χ1v) is 5.25. The molecule has 0 aliphatic carbocycles. The van der Waals surface area contributed by atoms with E-state index in [1.807, 2.05) is 6.07 Å². The average molecular weight is 222 g/mol. The summed E-state index contributed by atoms with van der Waals surface area (Å²) in [4.78, 5) is 14.5. The Labute approximate surface area is 91.9 Å². The van der Waals surface area contributed by atoms with Crippen LogP contribution >= 0.6 is 11.8 Å². The zero-order chi connectivity index (χ0) is 11.3. The van der Waals surface area contributed by atoms with E-state index in [0.29, 0.717) is 10.6 Å². The first-order chi connectivity index (χ1) is 7.13. The van der Waals surface area contributed by atoms with E-state index in [-0.39, 0.29) is 11.7 Å². The third-order valence-corrected chi connectivity index (χ3v) is 2.78. The normalized spacial score (nSPS) is 11.7. The average Bonchev–Trinajstić information content (AvgIpc) is 2.17. The first kappa shape index (κ1) is 11.5. The van der Waals surface area contributed by atoms with Crippen molar-refractivity contribution in [2.75, 3.05) is 0 Å². The summed E-state index contributed by atoms with van der Waals surface area (Å²) in [6.07, 6.45) is 1.66. The molecule has 0 aliphatic heterocycles. The molecule has 0 saturated heterocycles. The summed E-state index contributed by atoms with van der Waals surface area (Å²) in [5.74, 6) is -0.843. The Bertz CT molecular complexity index is 401. The van der Waals surface area contributed by atoms with Crippen LogP contribution in [-0.2, 0) is 4.79 Å². The lowest BCUT2D eigenvalue weighted by atomic mass is 10.3. The van der Waals surface area contributed by atoms with Gasteiger partial charge in [0.1, 0.15) is 11.1 Å². The number of rotatable bonds is 4. The Balaban J connectivity index is 2.72. The van der Waals surface area contributed by atoms with Crippen molar-refractivity contribution in [2.24, 2.45) is 0 Å². The van der Waals surface area contributed by atoms with Gasteiger partial charge in [-0.1, -0.05) is 6.92 Å². The molecule has 78 valence electrons. The van der Waals surface area contributed by atoms with Gasteiger partial charge in [0.05, 0.1) is 12.0 Å². The van der Waals surface area contributed by atoms with E-state index >= 15 is 0 Å². The molecule has 1 N–H and O–H groups in total. The highest BCUT2D eigenvalue weighted by molar-refractivity contribution is 7.99. The molecule has 0 aliphatic rings. The van der Waals surface area contributed by atoms with Gasteiger partial charge in [0, 0.05) is 11.4 Å². The second-order valence-corrected chi connectivity index (χ2v) is 4.42. The number of hydrogen-bond acceptors (Lipinski definition) is 4. The van der Waals surface area contributed by atoms with Crippen LogP contribution in [0.5, 0.6) is 0 Å². The molecule has 1 aromatic heterocycles. The minimum atomic E-state index is -0.843. The predicted octanol–water partition coefficient (Wildman–Crippen LogP) is 1.91. The van der Waals surface area contributed by atoms with Crippen LogP contribution in [0.2, 0.25) is 0 Å². The van der Waals surface area contributed by atoms with Crippen LogP contribution in [0, 0.1) is 11.3 Å². The van der Waals surface area contributed by atoms with Crippen molar-refractivity contribution in [3.8, 4) is 6.07 Å². The van der Waals surface area contributed by atoms with Gasteiger partial charge in [-0.15, -0.1) is 11.8 Å². The van der Waals surface area contributed by atoms with Crippen molar-refractivity contribution in [3.63, 3.8) is 0 Å². The molecule has 5 heteroatoms. The van der Waals surface area contributed by atoms with Gasteiger partial charge < -0.3 is 5.11 Å². The molecule has 0 amide bonds. The fraction of sp³-hybridized carbons (Fsp3) is 0.300. The number of thioether (sulfide) groups is 1. The maximum Gasteiger partial charge on any atom is 0.304 e. The highest BCUT2D eigenvalue weighted by Crippen LogP contribution is 2.25. The van der Waals surface area contributed by atoms with Gasteiger partial charge in [0.2, 0.25) is 0 Å². The largest absolute Gasteiger partial charge is 0.481 e. The minimum absolute atomic E-state index is 0.0616. The molecule has 0 spiro atoms. The van der Waals surface area contributed by atoms with Crippen molar-refractivity contribution < 1.29 is 9.90 Å². The number of aromatic nitrogens is 1. The third kappa shape index (κ3) is 3.60.